The molecule has 0 saturated heterocycles. The third kappa shape index (κ3) is 4.75. The van der Waals surface area contributed by atoms with Gasteiger partial charge in [-0.3, -0.25) is 10.1 Å². The van der Waals surface area contributed by atoms with Crippen molar-refractivity contribution in [3.63, 3.8) is 0 Å². The topological polar surface area (TPSA) is 55.2 Å². The van der Waals surface area contributed by atoms with Crippen LogP contribution in [0.1, 0.15) is 32.3 Å². The van der Waals surface area contributed by atoms with Crippen LogP contribution in [-0.2, 0) is 6.54 Å². The van der Waals surface area contributed by atoms with Crippen LogP contribution in [0.4, 0.5) is 5.69 Å². The predicted octanol–water partition coefficient (Wildman–Crippen LogP) is 4.37. The number of nitrogens with zero attached hydrogens (tertiary/aromatic N) is 1. The molecule has 20 heavy (non-hydrogen) atoms. The quantitative estimate of drug-likeness (QED) is 0.552. The van der Waals surface area contributed by atoms with Gasteiger partial charge in [-0.1, -0.05) is 29.8 Å². The number of nitro groups is 1. The normalized spacial score (nSPS) is 11.6. The summed E-state index contributed by atoms with van der Waals surface area (Å²) in [5, 5.41) is 14.3. The molecule has 0 amide bonds. The number of nitrogens with one attached hydrogen (secondary N) is 1. The minimum atomic E-state index is -0.363. The second kappa shape index (κ2) is 8.00. The van der Waals surface area contributed by atoms with E-state index in [4.69, 9.17) is 0 Å². The molecule has 0 aliphatic heterocycles. The zero-order valence-electron chi connectivity index (χ0n) is 12.1. The number of non-ortho nitro benzene ring substituents is 1. The Labute approximate surface area is 133 Å². The summed E-state index contributed by atoms with van der Waals surface area (Å²) in [5.41, 5.74) is 1.05. The molecule has 1 aromatic carbocycles. The van der Waals surface area contributed by atoms with Crippen LogP contribution in [0.2, 0.25) is 0 Å². The predicted molar refractivity (Wildman–Crippen MR) is 89.3 cm³/mol. The molecular weight excluding hydrogens is 340 g/mol. The summed E-state index contributed by atoms with van der Waals surface area (Å²) in [5.74, 6) is 0. The van der Waals surface area contributed by atoms with Crippen molar-refractivity contribution in [2.45, 2.75) is 38.0 Å². The lowest BCUT2D eigenvalue weighted by molar-refractivity contribution is -0.385. The van der Waals surface area contributed by atoms with E-state index in [1.807, 2.05) is 17.8 Å². The van der Waals surface area contributed by atoms with Gasteiger partial charge >= 0.3 is 0 Å². The highest BCUT2D eigenvalue weighted by atomic mass is 79.9. The van der Waals surface area contributed by atoms with E-state index in [0.717, 1.165) is 29.4 Å². The van der Waals surface area contributed by atoms with Crippen LogP contribution in [-0.4, -0.2) is 22.5 Å². The zero-order chi connectivity index (χ0) is 15.2. The molecule has 1 N–H and O–H groups in total. The highest BCUT2D eigenvalue weighted by molar-refractivity contribution is 9.10. The lowest BCUT2D eigenvalue weighted by Crippen LogP contribution is -2.36. The molecule has 0 heterocycles. The van der Waals surface area contributed by atoms with Gasteiger partial charge in [0, 0.05) is 34.4 Å². The molecule has 4 nitrogen and oxygen atoms in total. The molecule has 1 aromatic rings. The average Bonchev–Trinajstić information content (AvgIpc) is 2.43. The number of halogens is 1. The van der Waals surface area contributed by atoms with Crippen LogP contribution in [0.15, 0.2) is 22.7 Å². The van der Waals surface area contributed by atoms with Crippen molar-refractivity contribution >= 4 is 33.4 Å². The van der Waals surface area contributed by atoms with Crippen LogP contribution in [0.5, 0.6) is 0 Å². The number of benzene rings is 1. The molecule has 0 saturated carbocycles. The molecule has 0 unspecified atom stereocenters. The second-order valence-electron chi connectivity index (χ2n) is 4.77. The first-order valence-corrected chi connectivity index (χ1v) is 8.68. The first kappa shape index (κ1) is 17.5. The standard InChI is InChI=1S/C14H21BrN2O2S/c1-4-14(5-2,20-3)10-16-9-11-6-12(15)8-13(7-11)17(18)19/h6-8,16H,4-5,9-10H2,1-3H3. The Hall–Kier alpha value is -0.590. The number of hydrogen-bond acceptors (Lipinski definition) is 4. The summed E-state index contributed by atoms with van der Waals surface area (Å²) in [6.45, 7) is 5.95. The molecule has 0 radical (unpaired) electrons. The van der Waals surface area contributed by atoms with Crippen LogP contribution >= 0.6 is 27.7 Å². The number of nitro benzene ring substituents is 1. The third-order valence-electron chi connectivity index (χ3n) is 3.65. The summed E-state index contributed by atoms with van der Waals surface area (Å²) >= 11 is 5.20. The SMILES string of the molecule is CCC(CC)(CNCc1cc(Br)cc([N+](=O)[O-])c1)SC. The van der Waals surface area contributed by atoms with Crippen LogP contribution in [0.3, 0.4) is 0 Å². The van der Waals surface area contributed by atoms with E-state index in [1.54, 1.807) is 6.07 Å². The average molecular weight is 361 g/mol. The lowest BCUT2D eigenvalue weighted by atomic mass is 10.0. The summed E-state index contributed by atoms with van der Waals surface area (Å²) in [6, 6.07) is 5.06. The Morgan fingerprint density at radius 1 is 1.35 bits per heavy atom. The van der Waals surface area contributed by atoms with Gasteiger partial charge in [-0.2, -0.15) is 11.8 Å². The Morgan fingerprint density at radius 3 is 2.50 bits per heavy atom. The minimum absolute atomic E-state index is 0.123. The molecule has 0 fully saturated rings. The monoisotopic (exact) mass is 360 g/mol. The summed E-state index contributed by atoms with van der Waals surface area (Å²) in [6.07, 6.45) is 4.35. The van der Waals surface area contributed by atoms with Crippen molar-refractivity contribution in [1.29, 1.82) is 0 Å². The maximum atomic E-state index is 10.8. The van der Waals surface area contributed by atoms with Gasteiger partial charge in [-0.25, -0.2) is 0 Å². The van der Waals surface area contributed by atoms with E-state index >= 15 is 0 Å². The van der Waals surface area contributed by atoms with Crippen LogP contribution in [0, 0.1) is 10.1 Å². The summed E-state index contributed by atoms with van der Waals surface area (Å²) in [7, 11) is 0. The molecule has 0 aliphatic rings. The first-order chi connectivity index (χ1) is 9.46. The van der Waals surface area contributed by atoms with E-state index in [2.05, 4.69) is 41.3 Å². The van der Waals surface area contributed by atoms with Crippen molar-refractivity contribution in [3.8, 4) is 0 Å². The summed E-state index contributed by atoms with van der Waals surface area (Å²) in [4.78, 5) is 10.5. The zero-order valence-corrected chi connectivity index (χ0v) is 14.5. The Kier molecular flexibility index (Phi) is 6.99. The van der Waals surface area contributed by atoms with Gasteiger partial charge < -0.3 is 5.32 Å². The van der Waals surface area contributed by atoms with Gasteiger partial charge in [0.25, 0.3) is 5.69 Å². The molecule has 0 aliphatic carbocycles. The molecule has 1 rings (SSSR count). The van der Waals surface area contributed by atoms with Crippen molar-refractivity contribution in [1.82, 2.24) is 5.32 Å². The smallest absolute Gasteiger partial charge is 0.270 e. The number of thioether (sulfide) groups is 1. The highest BCUT2D eigenvalue weighted by Crippen LogP contribution is 2.29. The molecule has 112 valence electrons. The lowest BCUT2D eigenvalue weighted by Gasteiger charge is -2.30. The Bertz CT molecular complexity index is 456. The number of rotatable bonds is 8. The molecule has 6 heteroatoms. The van der Waals surface area contributed by atoms with Crippen molar-refractivity contribution in [3.05, 3.63) is 38.3 Å². The van der Waals surface area contributed by atoms with Gasteiger partial charge in [0.1, 0.15) is 0 Å². The van der Waals surface area contributed by atoms with Gasteiger partial charge in [0.15, 0.2) is 0 Å². The van der Waals surface area contributed by atoms with Gasteiger partial charge in [0.2, 0.25) is 0 Å². The third-order valence-corrected chi connectivity index (χ3v) is 5.70. The van der Waals surface area contributed by atoms with Gasteiger partial charge in [-0.05, 0) is 30.7 Å². The maximum absolute atomic E-state index is 10.8. The minimum Gasteiger partial charge on any atom is -0.311 e. The fourth-order valence-corrected chi connectivity index (χ4v) is 3.49. The van der Waals surface area contributed by atoms with Gasteiger partial charge in [-0.15, -0.1) is 0 Å². The van der Waals surface area contributed by atoms with Crippen LogP contribution < -0.4 is 5.32 Å². The largest absolute Gasteiger partial charge is 0.311 e. The molecule has 0 spiro atoms. The van der Waals surface area contributed by atoms with Crippen molar-refractivity contribution in [2.75, 3.05) is 12.8 Å². The maximum Gasteiger partial charge on any atom is 0.270 e. The fourth-order valence-electron chi connectivity index (χ4n) is 2.14. The Morgan fingerprint density at radius 2 is 2.00 bits per heavy atom. The molecule has 0 bridgehead atoms. The summed E-state index contributed by atoms with van der Waals surface area (Å²) < 4.78 is 0.989. The van der Waals surface area contributed by atoms with E-state index in [-0.39, 0.29) is 15.4 Å². The number of hydrogen-bond donors (Lipinski definition) is 1. The second-order valence-corrected chi connectivity index (χ2v) is 6.96. The van der Waals surface area contributed by atoms with Crippen molar-refractivity contribution in [2.24, 2.45) is 0 Å². The van der Waals surface area contributed by atoms with E-state index in [0.29, 0.717) is 6.54 Å². The molecule has 0 atom stereocenters. The van der Waals surface area contributed by atoms with Crippen molar-refractivity contribution < 1.29 is 4.92 Å². The van der Waals surface area contributed by atoms with Crippen LogP contribution in [0.25, 0.3) is 0 Å². The fraction of sp³-hybridized carbons (Fsp3) is 0.571. The molecule has 0 aromatic heterocycles. The molecular formula is C14H21BrN2O2S. The van der Waals surface area contributed by atoms with E-state index < -0.39 is 0 Å². The Balaban J connectivity index is 2.68. The van der Waals surface area contributed by atoms with Gasteiger partial charge in [0.05, 0.1) is 4.92 Å². The van der Waals surface area contributed by atoms with E-state index in [9.17, 15) is 10.1 Å². The highest BCUT2D eigenvalue weighted by Gasteiger charge is 2.24. The first-order valence-electron chi connectivity index (χ1n) is 6.66. The van der Waals surface area contributed by atoms with E-state index in [1.165, 1.54) is 6.07 Å².